The van der Waals surface area contributed by atoms with Crippen molar-refractivity contribution < 1.29 is 0 Å². The summed E-state index contributed by atoms with van der Waals surface area (Å²) in [6.45, 7) is 27.4. The minimum absolute atomic E-state index is 0.0230. The van der Waals surface area contributed by atoms with E-state index in [9.17, 15) is 0 Å². The van der Waals surface area contributed by atoms with Crippen molar-refractivity contribution in [3.8, 4) is 22.3 Å². The van der Waals surface area contributed by atoms with Gasteiger partial charge in [-0.3, -0.25) is 0 Å². The van der Waals surface area contributed by atoms with Gasteiger partial charge in [-0.05, 0) is 135 Å². The summed E-state index contributed by atoms with van der Waals surface area (Å²) in [5.74, 6) is 0. The normalized spacial score (nSPS) is 13.6. The van der Waals surface area contributed by atoms with Gasteiger partial charge in [0.1, 0.15) is 0 Å². The van der Waals surface area contributed by atoms with E-state index in [-0.39, 0.29) is 21.7 Å². The van der Waals surface area contributed by atoms with Gasteiger partial charge in [0.15, 0.2) is 0 Å². The smallest absolute Gasteiger partial charge is 0.0801 e. The fraction of sp³-hybridized carbons (Fsp3) is 0.333. The fourth-order valence-corrected chi connectivity index (χ4v) is 7.92. The third-order valence-corrected chi connectivity index (χ3v) is 12.2. The molecule has 3 aromatic heterocycles. The summed E-state index contributed by atoms with van der Waals surface area (Å²) in [6.07, 6.45) is 8.46. The summed E-state index contributed by atoms with van der Waals surface area (Å²) in [6, 6.07) is 22.8. The lowest BCUT2D eigenvalue weighted by molar-refractivity contribution is 0.568. The number of fused-ring (bicyclic) bond motifs is 8. The maximum Gasteiger partial charge on any atom is 0.0801 e. The number of nitrogens with zero attached hydrogens (tertiary/aromatic N) is 2. The molecule has 54 heavy (non-hydrogen) atoms. The van der Waals surface area contributed by atoms with Crippen LogP contribution in [0.25, 0.3) is 68.6 Å². The Morgan fingerprint density at radius 1 is 0.389 bits per heavy atom. The molecule has 4 nitrogen and oxygen atoms in total. The lowest BCUT2D eigenvalue weighted by Gasteiger charge is -2.26. The number of H-pyrrole nitrogens is 2. The molecule has 0 saturated heterocycles. The molecule has 0 amide bonds. The van der Waals surface area contributed by atoms with Crippen LogP contribution >= 0.6 is 31.9 Å². The number of halogens is 2. The summed E-state index contributed by atoms with van der Waals surface area (Å²) < 4.78 is 1.81. The average molecular weight is 845 g/mol. The Kier molecular flexibility index (Phi) is 9.46. The number of rotatable bonds is 2. The topological polar surface area (TPSA) is 57.4 Å². The van der Waals surface area contributed by atoms with Gasteiger partial charge in [0.2, 0.25) is 0 Å². The molecule has 2 aliphatic heterocycles. The predicted octanol–water partition coefficient (Wildman–Crippen LogP) is 14.7. The van der Waals surface area contributed by atoms with E-state index in [1.54, 1.807) is 0 Å². The first-order valence-electron chi connectivity index (χ1n) is 18.9. The van der Waals surface area contributed by atoms with Gasteiger partial charge in [-0.25, -0.2) is 9.97 Å². The first-order valence-corrected chi connectivity index (χ1v) is 20.5. The molecule has 6 heteroatoms. The molecular weight excluding hydrogens is 792 g/mol. The molecule has 0 aliphatic carbocycles. The van der Waals surface area contributed by atoms with Gasteiger partial charge in [-0.1, -0.05) is 119 Å². The van der Waals surface area contributed by atoms with E-state index < -0.39 is 0 Å². The molecule has 278 valence electrons. The summed E-state index contributed by atoms with van der Waals surface area (Å²) in [5.41, 5.74) is 16.9. The molecular formula is C48H52Br2N4. The Hall–Kier alpha value is -4.00. The number of aromatic nitrogens is 4. The van der Waals surface area contributed by atoms with Crippen LogP contribution in [0.15, 0.2) is 69.6 Å². The van der Waals surface area contributed by atoms with Crippen LogP contribution in [0.2, 0.25) is 0 Å². The lowest BCUT2D eigenvalue weighted by atomic mass is 9.78. The molecule has 0 atom stereocenters. The number of benzene rings is 2. The highest BCUT2D eigenvalue weighted by molar-refractivity contribution is 9.11. The molecule has 2 aromatic carbocycles. The molecule has 0 fully saturated rings. The fourth-order valence-electron chi connectivity index (χ4n) is 7.02. The third kappa shape index (κ3) is 7.36. The molecule has 0 unspecified atom stereocenters. The number of hydrogen-bond donors (Lipinski definition) is 2. The van der Waals surface area contributed by atoms with E-state index in [4.69, 9.17) is 9.97 Å². The monoisotopic (exact) mass is 842 g/mol. The third-order valence-electron chi connectivity index (χ3n) is 10.5. The first-order chi connectivity index (χ1) is 25.1. The van der Waals surface area contributed by atoms with Crippen molar-refractivity contribution in [3.63, 3.8) is 0 Å². The maximum atomic E-state index is 5.30. The SMILES string of the molecule is CC(C)(C)c1cc(-c2c3nc(c(Br)c4ccc([nH]4)c(-c4cc(C(C)(C)C)cc(C(C)(C)C)c4)c4ccc([nH]4)c(Br)c4nc2C=C4)C=C3)cc(C(C)(C)C)c1. The predicted molar refractivity (Wildman–Crippen MR) is 240 cm³/mol. The molecule has 0 saturated carbocycles. The second-order valence-corrected chi connectivity index (χ2v) is 20.6. The Bertz CT molecular complexity index is 2380. The van der Waals surface area contributed by atoms with Crippen molar-refractivity contribution in [3.05, 3.63) is 115 Å². The summed E-state index contributed by atoms with van der Waals surface area (Å²) in [4.78, 5) is 18.2. The zero-order valence-corrected chi connectivity index (χ0v) is 36.9. The van der Waals surface area contributed by atoms with E-state index in [1.165, 1.54) is 22.3 Å². The maximum absolute atomic E-state index is 5.30. The van der Waals surface area contributed by atoms with Crippen molar-refractivity contribution in [1.29, 1.82) is 0 Å². The Morgan fingerprint density at radius 3 is 1.02 bits per heavy atom. The summed E-state index contributed by atoms with van der Waals surface area (Å²) in [7, 11) is 0. The van der Waals surface area contributed by atoms with Gasteiger partial charge in [-0.15, -0.1) is 0 Å². The minimum atomic E-state index is -0.0351. The van der Waals surface area contributed by atoms with Crippen LogP contribution in [0.3, 0.4) is 0 Å². The molecule has 5 aromatic rings. The number of hydrogen-bond acceptors (Lipinski definition) is 2. The van der Waals surface area contributed by atoms with Crippen LogP contribution in [-0.2, 0) is 21.7 Å². The average Bonchev–Trinajstić information content (AvgIpc) is 3.91. The van der Waals surface area contributed by atoms with E-state index in [0.717, 1.165) is 76.0 Å². The molecule has 2 N–H and O–H groups in total. The molecule has 2 aliphatic rings. The van der Waals surface area contributed by atoms with Crippen molar-refractivity contribution in [2.45, 2.75) is 105 Å². The van der Waals surface area contributed by atoms with E-state index in [1.807, 2.05) is 0 Å². The van der Waals surface area contributed by atoms with Gasteiger partial charge < -0.3 is 9.97 Å². The molecule has 0 radical (unpaired) electrons. The second-order valence-electron chi connectivity index (χ2n) is 19.0. The highest BCUT2D eigenvalue weighted by Gasteiger charge is 2.25. The summed E-state index contributed by atoms with van der Waals surface area (Å²) in [5, 5.41) is 0. The van der Waals surface area contributed by atoms with Gasteiger partial charge in [0, 0.05) is 22.2 Å². The zero-order valence-electron chi connectivity index (χ0n) is 33.7. The lowest BCUT2D eigenvalue weighted by Crippen LogP contribution is -2.16. The zero-order chi connectivity index (χ0) is 39.1. The largest absolute Gasteiger partial charge is 0.354 e. The standard InChI is InChI=1S/C48H52Br2N4/c1-45(2,3)29-21-27(22-30(25-29)46(4,5)6)41-33-13-17-37(51-33)43(49)39-19-15-35(53-39)42(28-23-31(47(7,8)9)26-32(24-28)48(10,11)12)36-16-20-40(54-36)44(50)38-18-14-34(41)52-38/h13-26,51-52H,1-12H3. The van der Waals surface area contributed by atoms with Crippen molar-refractivity contribution >= 4 is 78.2 Å². The van der Waals surface area contributed by atoms with Gasteiger partial charge in [0.05, 0.1) is 42.8 Å². The second kappa shape index (κ2) is 13.3. The minimum Gasteiger partial charge on any atom is -0.354 e. The Morgan fingerprint density at radius 2 is 0.685 bits per heavy atom. The van der Waals surface area contributed by atoms with E-state index >= 15 is 0 Å². The van der Waals surface area contributed by atoms with Crippen LogP contribution < -0.4 is 0 Å². The van der Waals surface area contributed by atoms with Gasteiger partial charge >= 0.3 is 0 Å². The van der Waals surface area contributed by atoms with Gasteiger partial charge in [0.25, 0.3) is 0 Å². The highest BCUT2D eigenvalue weighted by atomic mass is 79.9. The molecule has 7 rings (SSSR count). The van der Waals surface area contributed by atoms with Crippen LogP contribution in [-0.4, -0.2) is 19.9 Å². The Labute approximate surface area is 337 Å². The molecule has 5 heterocycles. The first kappa shape index (κ1) is 38.3. The van der Waals surface area contributed by atoms with Crippen LogP contribution in [0.1, 0.15) is 128 Å². The van der Waals surface area contributed by atoms with Crippen molar-refractivity contribution in [2.24, 2.45) is 0 Å². The highest BCUT2D eigenvalue weighted by Crippen LogP contribution is 2.41. The molecule has 8 bridgehead atoms. The summed E-state index contributed by atoms with van der Waals surface area (Å²) >= 11 is 7.96. The van der Waals surface area contributed by atoms with Gasteiger partial charge in [-0.2, -0.15) is 0 Å². The van der Waals surface area contributed by atoms with Crippen LogP contribution in [0, 0.1) is 0 Å². The van der Waals surface area contributed by atoms with Crippen LogP contribution in [0.4, 0.5) is 0 Å². The quantitative estimate of drug-likeness (QED) is 0.182. The number of aromatic amines is 2. The van der Waals surface area contributed by atoms with E-state index in [2.05, 4.69) is 210 Å². The van der Waals surface area contributed by atoms with E-state index in [0.29, 0.717) is 0 Å². The van der Waals surface area contributed by atoms with Crippen LogP contribution in [0.5, 0.6) is 0 Å². The molecule has 0 spiro atoms. The number of nitrogens with one attached hydrogen (secondary N) is 2. The van der Waals surface area contributed by atoms with Crippen molar-refractivity contribution in [1.82, 2.24) is 19.9 Å². The Balaban J connectivity index is 1.59. The van der Waals surface area contributed by atoms with Crippen molar-refractivity contribution in [2.75, 3.05) is 0 Å².